The van der Waals surface area contributed by atoms with E-state index in [0.29, 0.717) is 24.5 Å². The molecule has 2 unspecified atom stereocenters. The first-order valence-corrected chi connectivity index (χ1v) is 8.24. The Labute approximate surface area is 121 Å². The normalized spacial score (nSPS) is 21.5. The average molecular weight is 288 g/mol. The predicted octanol–water partition coefficient (Wildman–Crippen LogP) is 2.63. The van der Waals surface area contributed by atoms with Crippen LogP contribution < -0.4 is 10.6 Å². The molecule has 1 rings (SSSR count). The van der Waals surface area contributed by atoms with E-state index in [9.17, 15) is 4.79 Å². The van der Waals surface area contributed by atoms with E-state index in [-0.39, 0.29) is 6.09 Å². The van der Waals surface area contributed by atoms with Gasteiger partial charge in [0, 0.05) is 24.4 Å². The third kappa shape index (κ3) is 7.06. The second-order valence-corrected chi connectivity index (χ2v) is 7.61. The van der Waals surface area contributed by atoms with Gasteiger partial charge in [0.05, 0.1) is 0 Å². The monoisotopic (exact) mass is 288 g/mol. The summed E-state index contributed by atoms with van der Waals surface area (Å²) in [6.45, 7) is 10.6. The van der Waals surface area contributed by atoms with Gasteiger partial charge in [-0.15, -0.1) is 0 Å². The first-order valence-electron chi connectivity index (χ1n) is 7.08. The second kappa shape index (κ2) is 7.39. The standard InChI is InChI=1S/C14H28N2O2S/c1-10(2)12(16-11-6-7-19-9-11)8-15-13(17)18-14(3,4)5/h10-12,16H,6-9H2,1-5H3,(H,15,17). The molecule has 0 bridgehead atoms. The van der Waals surface area contributed by atoms with Crippen LogP contribution in [0.1, 0.15) is 41.0 Å². The Morgan fingerprint density at radius 3 is 2.58 bits per heavy atom. The molecule has 1 amide bonds. The van der Waals surface area contributed by atoms with Crippen molar-refractivity contribution in [3.8, 4) is 0 Å². The maximum Gasteiger partial charge on any atom is 0.407 e. The number of nitrogens with one attached hydrogen (secondary N) is 2. The fraction of sp³-hybridized carbons (Fsp3) is 0.929. The highest BCUT2D eigenvalue weighted by Crippen LogP contribution is 2.18. The van der Waals surface area contributed by atoms with Crippen LogP contribution in [0.15, 0.2) is 0 Å². The van der Waals surface area contributed by atoms with Crippen molar-refractivity contribution in [2.24, 2.45) is 5.92 Å². The molecule has 0 aliphatic carbocycles. The van der Waals surface area contributed by atoms with Gasteiger partial charge in [-0.25, -0.2) is 4.79 Å². The molecule has 0 aromatic carbocycles. The summed E-state index contributed by atoms with van der Waals surface area (Å²) in [7, 11) is 0. The lowest BCUT2D eigenvalue weighted by Crippen LogP contribution is -2.49. The number of hydrogen-bond donors (Lipinski definition) is 2. The Morgan fingerprint density at radius 1 is 1.42 bits per heavy atom. The van der Waals surface area contributed by atoms with Gasteiger partial charge >= 0.3 is 6.09 Å². The Morgan fingerprint density at radius 2 is 2.11 bits per heavy atom. The van der Waals surface area contributed by atoms with Crippen molar-refractivity contribution in [2.45, 2.75) is 58.7 Å². The van der Waals surface area contributed by atoms with E-state index in [1.54, 1.807) is 0 Å². The molecule has 0 radical (unpaired) electrons. The smallest absolute Gasteiger partial charge is 0.407 e. The molecule has 1 heterocycles. The lowest BCUT2D eigenvalue weighted by molar-refractivity contribution is 0.0518. The fourth-order valence-electron chi connectivity index (χ4n) is 1.96. The fourth-order valence-corrected chi connectivity index (χ4v) is 3.13. The summed E-state index contributed by atoms with van der Waals surface area (Å²) < 4.78 is 5.26. The zero-order valence-corrected chi connectivity index (χ0v) is 13.6. The van der Waals surface area contributed by atoms with Crippen molar-refractivity contribution >= 4 is 17.9 Å². The maximum atomic E-state index is 11.7. The van der Waals surface area contributed by atoms with E-state index in [2.05, 4.69) is 24.5 Å². The van der Waals surface area contributed by atoms with E-state index < -0.39 is 5.60 Å². The van der Waals surface area contributed by atoms with E-state index in [4.69, 9.17) is 4.74 Å². The van der Waals surface area contributed by atoms with Crippen LogP contribution in [-0.4, -0.2) is 41.8 Å². The lowest BCUT2D eigenvalue weighted by atomic mass is 10.0. The van der Waals surface area contributed by atoms with E-state index >= 15 is 0 Å². The van der Waals surface area contributed by atoms with E-state index in [0.717, 1.165) is 0 Å². The number of ether oxygens (including phenoxy) is 1. The SMILES string of the molecule is CC(C)C(CNC(=O)OC(C)(C)C)NC1CCSC1. The Kier molecular flexibility index (Phi) is 6.47. The van der Waals surface area contributed by atoms with Gasteiger partial charge in [0.1, 0.15) is 5.60 Å². The third-order valence-corrected chi connectivity index (χ3v) is 4.21. The Balaban J connectivity index is 2.34. The minimum absolute atomic E-state index is 0.302. The highest BCUT2D eigenvalue weighted by atomic mass is 32.2. The summed E-state index contributed by atoms with van der Waals surface area (Å²) >= 11 is 1.99. The summed E-state index contributed by atoms with van der Waals surface area (Å²) in [4.78, 5) is 11.7. The van der Waals surface area contributed by atoms with Crippen LogP contribution in [-0.2, 0) is 4.74 Å². The molecule has 2 N–H and O–H groups in total. The number of alkyl carbamates (subject to hydrolysis) is 1. The molecule has 1 aliphatic heterocycles. The predicted molar refractivity (Wildman–Crippen MR) is 81.7 cm³/mol. The molecular formula is C14H28N2O2S. The topological polar surface area (TPSA) is 50.4 Å². The molecule has 0 spiro atoms. The third-order valence-electron chi connectivity index (χ3n) is 3.05. The molecule has 19 heavy (non-hydrogen) atoms. The summed E-state index contributed by atoms with van der Waals surface area (Å²) in [6, 6.07) is 0.883. The van der Waals surface area contributed by atoms with Crippen molar-refractivity contribution in [1.82, 2.24) is 10.6 Å². The zero-order chi connectivity index (χ0) is 14.5. The molecule has 0 saturated carbocycles. The highest BCUT2D eigenvalue weighted by molar-refractivity contribution is 7.99. The molecular weight excluding hydrogens is 260 g/mol. The number of rotatable bonds is 5. The average Bonchev–Trinajstić information content (AvgIpc) is 2.73. The molecule has 1 aliphatic rings. The molecule has 0 aromatic heterocycles. The van der Waals surface area contributed by atoms with Crippen molar-refractivity contribution in [1.29, 1.82) is 0 Å². The quantitative estimate of drug-likeness (QED) is 0.816. The number of carbonyl (C=O) groups is 1. The molecule has 1 saturated heterocycles. The van der Waals surface area contributed by atoms with Crippen molar-refractivity contribution in [3.05, 3.63) is 0 Å². The van der Waals surface area contributed by atoms with Gasteiger partial charge in [-0.2, -0.15) is 11.8 Å². The van der Waals surface area contributed by atoms with Crippen LogP contribution in [0.5, 0.6) is 0 Å². The number of thioether (sulfide) groups is 1. The van der Waals surface area contributed by atoms with Gasteiger partial charge in [-0.3, -0.25) is 0 Å². The van der Waals surface area contributed by atoms with Crippen molar-refractivity contribution < 1.29 is 9.53 Å². The molecule has 2 atom stereocenters. The minimum atomic E-state index is -0.438. The largest absolute Gasteiger partial charge is 0.444 e. The summed E-state index contributed by atoms with van der Waals surface area (Å²) in [5.41, 5.74) is -0.438. The number of hydrogen-bond acceptors (Lipinski definition) is 4. The molecule has 1 fully saturated rings. The second-order valence-electron chi connectivity index (χ2n) is 6.46. The van der Waals surface area contributed by atoms with Crippen LogP contribution in [0.25, 0.3) is 0 Å². The Bertz CT molecular complexity index is 284. The number of carbonyl (C=O) groups excluding carboxylic acids is 1. The Hall–Kier alpha value is -0.420. The zero-order valence-electron chi connectivity index (χ0n) is 12.8. The van der Waals surface area contributed by atoms with Crippen LogP contribution in [0.3, 0.4) is 0 Å². The molecule has 5 heteroatoms. The minimum Gasteiger partial charge on any atom is -0.444 e. The lowest BCUT2D eigenvalue weighted by Gasteiger charge is -2.27. The van der Waals surface area contributed by atoms with Crippen molar-refractivity contribution in [3.63, 3.8) is 0 Å². The van der Waals surface area contributed by atoms with Crippen LogP contribution >= 0.6 is 11.8 Å². The molecule has 112 valence electrons. The van der Waals surface area contributed by atoms with Gasteiger partial charge in [-0.1, -0.05) is 13.8 Å². The van der Waals surface area contributed by atoms with Gasteiger partial charge in [0.15, 0.2) is 0 Å². The van der Waals surface area contributed by atoms with Crippen LogP contribution in [0, 0.1) is 5.92 Å². The van der Waals surface area contributed by atoms with Crippen LogP contribution in [0.4, 0.5) is 4.79 Å². The number of amides is 1. The van der Waals surface area contributed by atoms with Crippen molar-refractivity contribution in [2.75, 3.05) is 18.1 Å². The summed E-state index contributed by atoms with van der Waals surface area (Å²) in [5, 5.41) is 6.51. The summed E-state index contributed by atoms with van der Waals surface area (Å²) in [5.74, 6) is 2.90. The first kappa shape index (κ1) is 16.6. The van der Waals surface area contributed by atoms with Gasteiger partial charge in [-0.05, 0) is 38.9 Å². The van der Waals surface area contributed by atoms with Gasteiger partial charge in [0.2, 0.25) is 0 Å². The van der Waals surface area contributed by atoms with Gasteiger partial charge in [0.25, 0.3) is 0 Å². The van der Waals surface area contributed by atoms with Gasteiger partial charge < -0.3 is 15.4 Å². The summed E-state index contributed by atoms with van der Waals surface area (Å²) in [6.07, 6.45) is 0.890. The van der Waals surface area contributed by atoms with Crippen LogP contribution in [0.2, 0.25) is 0 Å². The maximum absolute atomic E-state index is 11.7. The molecule has 0 aromatic rings. The molecule has 4 nitrogen and oxygen atoms in total. The first-order chi connectivity index (χ1) is 8.78. The highest BCUT2D eigenvalue weighted by Gasteiger charge is 2.23. The van der Waals surface area contributed by atoms with E-state index in [1.165, 1.54) is 17.9 Å². The van der Waals surface area contributed by atoms with E-state index in [1.807, 2.05) is 32.5 Å².